The highest BCUT2D eigenvalue weighted by Crippen LogP contribution is 2.21. The minimum Gasteiger partial charge on any atom is -0.492 e. The van der Waals surface area contributed by atoms with Crippen LogP contribution in [0.3, 0.4) is 0 Å². The van der Waals surface area contributed by atoms with Crippen molar-refractivity contribution >= 4 is 11.6 Å². The van der Waals surface area contributed by atoms with E-state index in [2.05, 4.69) is 24.2 Å². The molecule has 1 aromatic rings. The van der Waals surface area contributed by atoms with Crippen LogP contribution in [0.15, 0.2) is 24.3 Å². The van der Waals surface area contributed by atoms with Crippen LogP contribution in [-0.4, -0.2) is 43.7 Å². The van der Waals surface area contributed by atoms with Crippen molar-refractivity contribution in [3.63, 3.8) is 0 Å². The fourth-order valence-electron chi connectivity index (χ4n) is 2.37. The molecule has 1 fully saturated rings. The van der Waals surface area contributed by atoms with Gasteiger partial charge in [0.05, 0.1) is 0 Å². The average molecular weight is 283 g/mol. The van der Waals surface area contributed by atoms with Gasteiger partial charge in [-0.05, 0) is 45.0 Å². The van der Waals surface area contributed by atoms with Crippen molar-refractivity contribution in [1.82, 2.24) is 10.2 Å². The molecule has 0 saturated carbocycles. The molecule has 1 saturated heterocycles. The lowest BCUT2D eigenvalue weighted by Crippen LogP contribution is -2.50. The third-order valence-electron chi connectivity index (χ3n) is 4.04. The molecule has 0 spiro atoms. The summed E-state index contributed by atoms with van der Waals surface area (Å²) >= 11 is 5.92. The lowest BCUT2D eigenvalue weighted by molar-refractivity contribution is 0.132. The van der Waals surface area contributed by atoms with Crippen molar-refractivity contribution in [1.29, 1.82) is 0 Å². The molecule has 0 radical (unpaired) electrons. The molecule has 2 rings (SSSR count). The lowest BCUT2D eigenvalue weighted by Gasteiger charge is -2.39. The maximum Gasteiger partial charge on any atom is 0.120 e. The van der Waals surface area contributed by atoms with E-state index in [4.69, 9.17) is 16.3 Å². The number of hydrogen-bond acceptors (Lipinski definition) is 3. The van der Waals surface area contributed by atoms with Gasteiger partial charge in [-0.15, -0.1) is 0 Å². The molecule has 4 heteroatoms. The summed E-state index contributed by atoms with van der Waals surface area (Å²) in [5.41, 5.74) is 0.310. The number of halogens is 1. The van der Waals surface area contributed by atoms with E-state index in [1.807, 2.05) is 24.3 Å². The summed E-state index contributed by atoms with van der Waals surface area (Å²) in [5, 5.41) is 4.14. The number of nitrogens with zero attached hydrogens (tertiary/aromatic N) is 1. The summed E-state index contributed by atoms with van der Waals surface area (Å²) in [7, 11) is 2.05. The van der Waals surface area contributed by atoms with Crippen LogP contribution in [-0.2, 0) is 0 Å². The fraction of sp³-hybridized carbons (Fsp3) is 0.600. The first-order chi connectivity index (χ1) is 9.11. The molecule has 19 heavy (non-hydrogen) atoms. The molecule has 1 N–H and O–H groups in total. The van der Waals surface area contributed by atoms with Gasteiger partial charge in [0.1, 0.15) is 12.4 Å². The Morgan fingerprint density at radius 1 is 1.37 bits per heavy atom. The number of piperidine rings is 1. The van der Waals surface area contributed by atoms with E-state index in [-0.39, 0.29) is 0 Å². The topological polar surface area (TPSA) is 24.5 Å². The first-order valence-electron chi connectivity index (χ1n) is 6.91. The maximum absolute atomic E-state index is 5.92. The molecule has 1 aliphatic rings. The van der Waals surface area contributed by atoms with E-state index in [0.29, 0.717) is 5.54 Å². The molecule has 106 valence electrons. The zero-order valence-electron chi connectivity index (χ0n) is 11.8. The predicted octanol–water partition coefficient (Wildman–Crippen LogP) is 2.79. The van der Waals surface area contributed by atoms with Crippen LogP contribution >= 0.6 is 11.6 Å². The van der Waals surface area contributed by atoms with Crippen molar-refractivity contribution in [3.05, 3.63) is 29.3 Å². The highest BCUT2D eigenvalue weighted by atomic mass is 35.5. The second kappa shape index (κ2) is 6.60. The van der Waals surface area contributed by atoms with Gasteiger partial charge in [-0.2, -0.15) is 0 Å². The Hall–Kier alpha value is -0.770. The van der Waals surface area contributed by atoms with Gasteiger partial charge in [0, 0.05) is 30.2 Å². The van der Waals surface area contributed by atoms with Gasteiger partial charge in [-0.3, -0.25) is 4.90 Å². The zero-order valence-corrected chi connectivity index (χ0v) is 12.5. The van der Waals surface area contributed by atoms with Gasteiger partial charge in [-0.25, -0.2) is 0 Å². The standard InChI is InChI=1S/C15H23ClN2O/c1-15(17-2)6-8-18(9-7-15)10-11-19-14-5-3-4-13(16)12-14/h3-5,12,17H,6-11H2,1-2H3. The third kappa shape index (κ3) is 4.37. The largest absolute Gasteiger partial charge is 0.492 e. The average Bonchev–Trinajstić information content (AvgIpc) is 2.41. The fourth-order valence-corrected chi connectivity index (χ4v) is 2.55. The molecule has 1 aliphatic heterocycles. The first-order valence-corrected chi connectivity index (χ1v) is 7.29. The summed E-state index contributed by atoms with van der Waals surface area (Å²) in [4.78, 5) is 2.46. The van der Waals surface area contributed by atoms with E-state index in [9.17, 15) is 0 Å². The monoisotopic (exact) mass is 282 g/mol. The highest BCUT2D eigenvalue weighted by molar-refractivity contribution is 6.30. The molecule has 0 bridgehead atoms. The zero-order chi connectivity index (χ0) is 13.7. The molecule has 0 unspecified atom stereocenters. The summed E-state index contributed by atoms with van der Waals surface area (Å²) < 4.78 is 5.73. The first kappa shape index (κ1) is 14.6. The van der Waals surface area contributed by atoms with Gasteiger partial charge in [0.2, 0.25) is 0 Å². The summed E-state index contributed by atoms with van der Waals surface area (Å²) in [6.07, 6.45) is 2.39. The number of ether oxygens (including phenoxy) is 1. The van der Waals surface area contributed by atoms with Crippen molar-refractivity contribution in [3.8, 4) is 5.75 Å². The van der Waals surface area contributed by atoms with Crippen molar-refractivity contribution < 1.29 is 4.74 Å². The molecular formula is C15H23ClN2O. The Morgan fingerprint density at radius 3 is 2.74 bits per heavy atom. The van der Waals surface area contributed by atoms with Gasteiger partial charge in [0.25, 0.3) is 0 Å². The molecule has 1 heterocycles. The number of likely N-dealkylation sites (tertiary alicyclic amines) is 1. The van der Waals surface area contributed by atoms with Crippen molar-refractivity contribution in [2.24, 2.45) is 0 Å². The molecule has 0 aromatic heterocycles. The smallest absolute Gasteiger partial charge is 0.120 e. The molecule has 1 aromatic carbocycles. The summed E-state index contributed by atoms with van der Waals surface area (Å²) in [6.45, 7) is 6.27. The molecule has 0 atom stereocenters. The van der Waals surface area contributed by atoms with Gasteiger partial charge >= 0.3 is 0 Å². The van der Waals surface area contributed by atoms with Crippen LogP contribution in [0, 0.1) is 0 Å². The van der Waals surface area contributed by atoms with Crippen LogP contribution in [0.2, 0.25) is 5.02 Å². The number of rotatable bonds is 5. The number of hydrogen-bond donors (Lipinski definition) is 1. The second-order valence-corrected chi connectivity index (χ2v) is 5.89. The highest BCUT2D eigenvalue weighted by Gasteiger charge is 2.27. The second-order valence-electron chi connectivity index (χ2n) is 5.46. The van der Waals surface area contributed by atoms with Crippen LogP contribution < -0.4 is 10.1 Å². The van der Waals surface area contributed by atoms with E-state index < -0.39 is 0 Å². The SMILES string of the molecule is CNC1(C)CCN(CCOc2cccc(Cl)c2)CC1. The van der Waals surface area contributed by atoms with Gasteiger partial charge in [0.15, 0.2) is 0 Å². The number of benzene rings is 1. The quantitative estimate of drug-likeness (QED) is 0.899. The van der Waals surface area contributed by atoms with E-state index in [0.717, 1.165) is 37.0 Å². The van der Waals surface area contributed by atoms with Crippen molar-refractivity contribution in [2.45, 2.75) is 25.3 Å². The van der Waals surface area contributed by atoms with Crippen LogP contribution in [0.1, 0.15) is 19.8 Å². The minimum absolute atomic E-state index is 0.310. The maximum atomic E-state index is 5.92. The Labute approximate surface area is 120 Å². The molecule has 3 nitrogen and oxygen atoms in total. The van der Waals surface area contributed by atoms with Crippen molar-refractivity contribution in [2.75, 3.05) is 33.3 Å². The van der Waals surface area contributed by atoms with Crippen LogP contribution in [0.25, 0.3) is 0 Å². The van der Waals surface area contributed by atoms with Crippen LogP contribution in [0.4, 0.5) is 0 Å². The Morgan fingerprint density at radius 2 is 2.11 bits per heavy atom. The minimum atomic E-state index is 0.310. The Balaban J connectivity index is 1.70. The molecular weight excluding hydrogens is 260 g/mol. The molecule has 0 amide bonds. The third-order valence-corrected chi connectivity index (χ3v) is 4.27. The normalized spacial score (nSPS) is 19.3. The van der Waals surface area contributed by atoms with Crippen LogP contribution in [0.5, 0.6) is 5.75 Å². The molecule has 0 aliphatic carbocycles. The van der Waals surface area contributed by atoms with Gasteiger partial charge in [-0.1, -0.05) is 17.7 Å². The lowest BCUT2D eigenvalue weighted by atomic mass is 9.90. The van der Waals surface area contributed by atoms with E-state index >= 15 is 0 Å². The van der Waals surface area contributed by atoms with E-state index in [1.54, 1.807) is 0 Å². The summed E-state index contributed by atoms with van der Waals surface area (Å²) in [6, 6.07) is 7.57. The Bertz CT molecular complexity index is 403. The summed E-state index contributed by atoms with van der Waals surface area (Å²) in [5.74, 6) is 0.851. The predicted molar refractivity (Wildman–Crippen MR) is 80.1 cm³/mol. The van der Waals surface area contributed by atoms with Gasteiger partial charge < -0.3 is 10.1 Å². The Kier molecular flexibility index (Phi) is 5.08. The number of nitrogens with one attached hydrogen (secondary N) is 1. The van der Waals surface area contributed by atoms with E-state index in [1.165, 1.54) is 12.8 Å².